The van der Waals surface area contributed by atoms with Crippen LogP contribution in [0.25, 0.3) is 6.08 Å². The summed E-state index contributed by atoms with van der Waals surface area (Å²) in [7, 11) is 1.62. The van der Waals surface area contributed by atoms with E-state index in [0.717, 1.165) is 28.0 Å². The summed E-state index contributed by atoms with van der Waals surface area (Å²) in [6, 6.07) is 19.3. The second kappa shape index (κ2) is 10.2. The van der Waals surface area contributed by atoms with Gasteiger partial charge in [-0.15, -0.1) is 0 Å². The number of ether oxygens (including phenoxy) is 1. The number of methoxy groups -OCH3 is 1. The standard InChI is InChI=1S/C27H25ClN2O2/c1-17-9-18(2)11-20(10-17)12-22-14-25(32-4)8-6-21(22)13-23(16-29)27(31)30-24-7-5-19(3)26(28)15-24/h5-11,13-15H,12H2,1-4H3,(H,30,31)/b23-13+. The molecule has 0 unspecified atom stereocenters. The van der Waals surface area contributed by atoms with Crippen molar-refractivity contribution < 1.29 is 9.53 Å². The molecule has 162 valence electrons. The van der Waals surface area contributed by atoms with Gasteiger partial charge in [-0.25, -0.2) is 0 Å². The molecule has 0 aliphatic carbocycles. The van der Waals surface area contributed by atoms with Crippen molar-refractivity contribution in [2.24, 2.45) is 0 Å². The average Bonchev–Trinajstić information content (AvgIpc) is 2.74. The number of aryl methyl sites for hydroxylation is 3. The molecule has 3 aromatic rings. The number of nitrogens with zero attached hydrogens (tertiary/aromatic N) is 1. The van der Waals surface area contributed by atoms with Crippen molar-refractivity contribution in [1.82, 2.24) is 0 Å². The van der Waals surface area contributed by atoms with E-state index in [9.17, 15) is 10.1 Å². The number of halogens is 1. The van der Waals surface area contributed by atoms with E-state index in [1.807, 2.05) is 37.3 Å². The van der Waals surface area contributed by atoms with Crippen molar-refractivity contribution in [2.75, 3.05) is 12.4 Å². The van der Waals surface area contributed by atoms with E-state index in [1.165, 1.54) is 11.1 Å². The van der Waals surface area contributed by atoms with Gasteiger partial charge in [-0.3, -0.25) is 4.79 Å². The van der Waals surface area contributed by atoms with Crippen LogP contribution in [0.3, 0.4) is 0 Å². The molecule has 0 aliphatic rings. The van der Waals surface area contributed by atoms with E-state index >= 15 is 0 Å². The largest absolute Gasteiger partial charge is 0.497 e. The molecule has 0 heterocycles. The summed E-state index contributed by atoms with van der Waals surface area (Å²) in [5, 5.41) is 13.0. The molecule has 0 saturated heterocycles. The molecule has 0 atom stereocenters. The third-order valence-corrected chi connectivity index (χ3v) is 5.53. The van der Waals surface area contributed by atoms with Crippen LogP contribution in [-0.2, 0) is 11.2 Å². The number of rotatable bonds is 6. The third-order valence-electron chi connectivity index (χ3n) is 5.12. The van der Waals surface area contributed by atoms with Crippen molar-refractivity contribution in [3.05, 3.63) is 98.6 Å². The van der Waals surface area contributed by atoms with Gasteiger partial charge in [-0.2, -0.15) is 5.26 Å². The van der Waals surface area contributed by atoms with Gasteiger partial charge in [0.1, 0.15) is 17.4 Å². The summed E-state index contributed by atoms with van der Waals surface area (Å²) < 4.78 is 5.40. The van der Waals surface area contributed by atoms with Crippen molar-refractivity contribution in [3.63, 3.8) is 0 Å². The van der Waals surface area contributed by atoms with Gasteiger partial charge in [0.25, 0.3) is 5.91 Å². The van der Waals surface area contributed by atoms with Crippen LogP contribution in [0.1, 0.15) is 33.4 Å². The molecule has 0 aliphatic heterocycles. The highest BCUT2D eigenvalue weighted by Crippen LogP contribution is 2.25. The van der Waals surface area contributed by atoms with E-state index in [0.29, 0.717) is 17.1 Å². The van der Waals surface area contributed by atoms with E-state index < -0.39 is 5.91 Å². The van der Waals surface area contributed by atoms with Crippen LogP contribution in [0.4, 0.5) is 5.69 Å². The quantitative estimate of drug-likeness (QED) is 0.353. The smallest absolute Gasteiger partial charge is 0.266 e. The van der Waals surface area contributed by atoms with Gasteiger partial charge in [0, 0.05) is 10.7 Å². The molecular weight excluding hydrogens is 420 g/mol. The fraction of sp³-hybridized carbons (Fsp3) is 0.185. The first kappa shape index (κ1) is 23.1. The minimum absolute atomic E-state index is 0.00790. The van der Waals surface area contributed by atoms with Crippen LogP contribution in [0.15, 0.2) is 60.2 Å². The second-order valence-electron chi connectivity index (χ2n) is 7.83. The molecule has 3 rings (SSSR count). The van der Waals surface area contributed by atoms with Crippen LogP contribution in [-0.4, -0.2) is 13.0 Å². The lowest BCUT2D eigenvalue weighted by atomic mass is 9.96. The van der Waals surface area contributed by atoms with E-state index in [-0.39, 0.29) is 5.57 Å². The number of benzene rings is 3. The number of nitriles is 1. The van der Waals surface area contributed by atoms with Crippen molar-refractivity contribution in [3.8, 4) is 11.8 Å². The van der Waals surface area contributed by atoms with Gasteiger partial charge in [-0.1, -0.05) is 53.1 Å². The monoisotopic (exact) mass is 444 g/mol. The fourth-order valence-corrected chi connectivity index (χ4v) is 3.75. The molecule has 0 saturated carbocycles. The summed E-state index contributed by atoms with van der Waals surface area (Å²) in [5.74, 6) is 0.236. The summed E-state index contributed by atoms with van der Waals surface area (Å²) in [5.41, 5.74) is 6.75. The maximum atomic E-state index is 12.8. The van der Waals surface area contributed by atoms with Gasteiger partial charge in [-0.05, 0) is 79.8 Å². The third kappa shape index (κ3) is 5.78. The molecule has 0 spiro atoms. The lowest BCUT2D eigenvalue weighted by Crippen LogP contribution is -2.13. The molecule has 1 amide bonds. The summed E-state index contributed by atoms with van der Waals surface area (Å²) in [6.45, 7) is 6.02. The number of carbonyl (C=O) groups is 1. The molecule has 4 nitrogen and oxygen atoms in total. The number of nitrogens with one attached hydrogen (secondary N) is 1. The van der Waals surface area contributed by atoms with Crippen LogP contribution >= 0.6 is 11.6 Å². The number of hydrogen-bond acceptors (Lipinski definition) is 3. The highest BCUT2D eigenvalue weighted by molar-refractivity contribution is 6.31. The van der Waals surface area contributed by atoms with Gasteiger partial charge >= 0.3 is 0 Å². The molecule has 0 bridgehead atoms. The SMILES string of the molecule is COc1ccc(/C=C(\C#N)C(=O)Nc2ccc(C)c(Cl)c2)c(Cc2cc(C)cc(C)c2)c1. The lowest BCUT2D eigenvalue weighted by Gasteiger charge is -2.11. The Bertz CT molecular complexity index is 1220. The molecule has 0 fully saturated rings. The van der Waals surface area contributed by atoms with Crippen LogP contribution in [0.5, 0.6) is 5.75 Å². The molecule has 3 aromatic carbocycles. The Kier molecular flexibility index (Phi) is 7.35. The van der Waals surface area contributed by atoms with Crippen molar-refractivity contribution in [2.45, 2.75) is 27.2 Å². The minimum atomic E-state index is -0.486. The van der Waals surface area contributed by atoms with E-state index in [1.54, 1.807) is 25.3 Å². The Morgan fingerprint density at radius 1 is 1.06 bits per heavy atom. The fourth-order valence-electron chi connectivity index (χ4n) is 3.57. The van der Waals surface area contributed by atoms with Gasteiger partial charge in [0.2, 0.25) is 0 Å². The lowest BCUT2D eigenvalue weighted by molar-refractivity contribution is -0.112. The predicted molar refractivity (Wildman–Crippen MR) is 130 cm³/mol. The maximum absolute atomic E-state index is 12.8. The van der Waals surface area contributed by atoms with Crippen molar-refractivity contribution >= 4 is 29.3 Å². The Morgan fingerprint density at radius 3 is 2.41 bits per heavy atom. The average molecular weight is 445 g/mol. The van der Waals surface area contributed by atoms with Crippen LogP contribution in [0.2, 0.25) is 5.02 Å². The normalized spacial score (nSPS) is 11.1. The van der Waals surface area contributed by atoms with Gasteiger partial charge < -0.3 is 10.1 Å². The molecule has 0 aromatic heterocycles. The first-order valence-corrected chi connectivity index (χ1v) is 10.6. The number of anilines is 1. The molecule has 5 heteroatoms. The Labute approximate surface area is 194 Å². The summed E-state index contributed by atoms with van der Waals surface area (Å²) in [4.78, 5) is 12.8. The highest BCUT2D eigenvalue weighted by atomic mass is 35.5. The van der Waals surface area contributed by atoms with Crippen LogP contribution in [0, 0.1) is 32.1 Å². The minimum Gasteiger partial charge on any atom is -0.497 e. The Morgan fingerprint density at radius 2 is 1.78 bits per heavy atom. The van der Waals surface area contributed by atoms with Gasteiger partial charge in [0.15, 0.2) is 0 Å². The molecular formula is C27H25ClN2O2. The zero-order valence-corrected chi connectivity index (χ0v) is 19.4. The van der Waals surface area contributed by atoms with E-state index in [4.69, 9.17) is 16.3 Å². The first-order valence-electron chi connectivity index (χ1n) is 10.2. The van der Waals surface area contributed by atoms with Crippen LogP contribution < -0.4 is 10.1 Å². The molecule has 32 heavy (non-hydrogen) atoms. The predicted octanol–water partition coefficient (Wildman–Crippen LogP) is 6.41. The maximum Gasteiger partial charge on any atom is 0.266 e. The topological polar surface area (TPSA) is 62.1 Å². The number of hydrogen-bond donors (Lipinski definition) is 1. The molecule has 1 N–H and O–H groups in total. The van der Waals surface area contributed by atoms with E-state index in [2.05, 4.69) is 37.4 Å². The summed E-state index contributed by atoms with van der Waals surface area (Å²) in [6.07, 6.45) is 2.27. The second-order valence-corrected chi connectivity index (χ2v) is 8.23. The van der Waals surface area contributed by atoms with Gasteiger partial charge in [0.05, 0.1) is 7.11 Å². The summed E-state index contributed by atoms with van der Waals surface area (Å²) >= 11 is 6.15. The molecule has 0 radical (unpaired) electrons. The highest BCUT2D eigenvalue weighted by Gasteiger charge is 2.13. The Hall–Kier alpha value is -3.55. The zero-order chi connectivity index (χ0) is 23.3. The number of amides is 1. The number of carbonyl (C=O) groups excluding carboxylic acids is 1. The Balaban J connectivity index is 1.94. The first-order chi connectivity index (χ1) is 15.3. The van der Waals surface area contributed by atoms with Crippen molar-refractivity contribution in [1.29, 1.82) is 5.26 Å². The zero-order valence-electron chi connectivity index (χ0n) is 18.6.